The lowest BCUT2D eigenvalue weighted by atomic mass is 10.1. The molecule has 0 bridgehead atoms. The largest absolute Gasteiger partial charge is 0.497 e. The highest BCUT2D eigenvalue weighted by Crippen LogP contribution is 2.21. The van der Waals surface area contributed by atoms with Crippen molar-refractivity contribution in [3.8, 4) is 11.8 Å². The third kappa shape index (κ3) is 4.01. The van der Waals surface area contributed by atoms with Crippen LogP contribution in [-0.2, 0) is 4.79 Å². The van der Waals surface area contributed by atoms with Gasteiger partial charge in [0.05, 0.1) is 7.11 Å². The zero-order valence-corrected chi connectivity index (χ0v) is 14.8. The standard InChI is InChI=1S/C19H19N3O2S/c1-24-18-4-2-17(3-5-18)21-7-9-22(10-8-21)19(23)16(13-20)12-15-6-11-25-14-15/h2-6,11-12,14H,7-10H2,1H3/b16-12+. The van der Waals surface area contributed by atoms with Crippen molar-refractivity contribution in [1.29, 1.82) is 5.26 Å². The lowest BCUT2D eigenvalue weighted by molar-refractivity contribution is -0.126. The first-order valence-corrected chi connectivity index (χ1v) is 8.98. The number of piperazine rings is 1. The molecule has 6 heteroatoms. The molecule has 1 fully saturated rings. The molecular weight excluding hydrogens is 334 g/mol. The second-order valence-corrected chi connectivity index (χ2v) is 6.48. The monoisotopic (exact) mass is 353 g/mol. The number of benzene rings is 1. The topological polar surface area (TPSA) is 56.6 Å². The summed E-state index contributed by atoms with van der Waals surface area (Å²) in [7, 11) is 1.65. The van der Waals surface area contributed by atoms with E-state index < -0.39 is 0 Å². The van der Waals surface area contributed by atoms with Gasteiger partial charge in [-0.05, 0) is 52.7 Å². The first-order chi connectivity index (χ1) is 12.2. The smallest absolute Gasteiger partial charge is 0.264 e. The first kappa shape index (κ1) is 17.1. The summed E-state index contributed by atoms with van der Waals surface area (Å²) in [4.78, 5) is 16.6. The van der Waals surface area contributed by atoms with Crippen LogP contribution >= 0.6 is 11.3 Å². The van der Waals surface area contributed by atoms with Crippen LogP contribution in [0.1, 0.15) is 5.56 Å². The molecule has 0 N–H and O–H groups in total. The van der Waals surface area contributed by atoms with E-state index in [2.05, 4.69) is 4.90 Å². The average Bonchev–Trinajstić information content (AvgIpc) is 3.19. The van der Waals surface area contributed by atoms with E-state index >= 15 is 0 Å². The molecule has 3 rings (SSSR count). The maximum absolute atomic E-state index is 12.6. The summed E-state index contributed by atoms with van der Waals surface area (Å²) in [5.74, 6) is 0.637. The second kappa shape index (κ2) is 7.86. The molecule has 1 aliphatic heterocycles. The van der Waals surface area contributed by atoms with Crippen molar-refractivity contribution in [1.82, 2.24) is 4.90 Å². The SMILES string of the molecule is COc1ccc(N2CCN(C(=O)/C(C#N)=C/c3ccsc3)CC2)cc1. The van der Waals surface area contributed by atoms with Gasteiger partial charge in [-0.15, -0.1) is 0 Å². The van der Waals surface area contributed by atoms with Gasteiger partial charge < -0.3 is 14.5 Å². The van der Waals surface area contributed by atoms with E-state index in [4.69, 9.17) is 4.74 Å². The van der Waals surface area contributed by atoms with Gasteiger partial charge in [0, 0.05) is 31.9 Å². The first-order valence-electron chi connectivity index (χ1n) is 8.03. The van der Waals surface area contributed by atoms with Gasteiger partial charge in [-0.3, -0.25) is 4.79 Å². The Labute approximate surface area is 151 Å². The molecule has 1 aromatic heterocycles. The summed E-state index contributed by atoms with van der Waals surface area (Å²) >= 11 is 1.55. The number of thiophene rings is 1. The molecular formula is C19H19N3O2S. The molecule has 5 nitrogen and oxygen atoms in total. The average molecular weight is 353 g/mol. The van der Waals surface area contributed by atoms with Crippen molar-refractivity contribution < 1.29 is 9.53 Å². The Kier molecular flexibility index (Phi) is 5.36. The van der Waals surface area contributed by atoms with Crippen LogP contribution in [0.3, 0.4) is 0 Å². The van der Waals surface area contributed by atoms with E-state index in [-0.39, 0.29) is 11.5 Å². The molecule has 0 saturated carbocycles. The van der Waals surface area contributed by atoms with Crippen LogP contribution in [0.4, 0.5) is 5.69 Å². The van der Waals surface area contributed by atoms with Gasteiger partial charge >= 0.3 is 0 Å². The number of amides is 1. The molecule has 0 atom stereocenters. The van der Waals surface area contributed by atoms with E-state index in [0.717, 1.165) is 30.1 Å². The molecule has 0 radical (unpaired) electrons. The Balaban J connectivity index is 1.63. The molecule has 0 unspecified atom stereocenters. The zero-order chi connectivity index (χ0) is 17.6. The third-order valence-corrected chi connectivity index (χ3v) is 4.91. The van der Waals surface area contributed by atoms with Crippen LogP contribution in [0, 0.1) is 11.3 Å². The van der Waals surface area contributed by atoms with E-state index in [0.29, 0.717) is 13.1 Å². The van der Waals surface area contributed by atoms with Crippen molar-refractivity contribution in [2.24, 2.45) is 0 Å². The van der Waals surface area contributed by atoms with Crippen LogP contribution in [0.25, 0.3) is 6.08 Å². The van der Waals surface area contributed by atoms with Gasteiger partial charge in [0.25, 0.3) is 5.91 Å². The van der Waals surface area contributed by atoms with Gasteiger partial charge in [0.15, 0.2) is 0 Å². The second-order valence-electron chi connectivity index (χ2n) is 5.70. The van der Waals surface area contributed by atoms with Crippen molar-refractivity contribution in [3.63, 3.8) is 0 Å². The lowest BCUT2D eigenvalue weighted by Gasteiger charge is -2.36. The van der Waals surface area contributed by atoms with Crippen LogP contribution in [0.5, 0.6) is 5.75 Å². The molecule has 1 amide bonds. The predicted octanol–water partition coefficient (Wildman–Crippen LogP) is 3.01. The number of carbonyl (C=O) groups is 1. The molecule has 2 aromatic rings. The zero-order valence-electron chi connectivity index (χ0n) is 14.0. The van der Waals surface area contributed by atoms with Crippen molar-refractivity contribution >= 4 is 29.0 Å². The molecule has 1 saturated heterocycles. The van der Waals surface area contributed by atoms with Gasteiger partial charge in [0.1, 0.15) is 17.4 Å². The van der Waals surface area contributed by atoms with Gasteiger partial charge in [-0.25, -0.2) is 0 Å². The number of carbonyl (C=O) groups excluding carboxylic acids is 1. The Bertz CT molecular complexity index is 783. The van der Waals surface area contributed by atoms with E-state index in [1.807, 2.05) is 47.2 Å². The van der Waals surface area contributed by atoms with E-state index in [1.54, 1.807) is 29.4 Å². The lowest BCUT2D eigenvalue weighted by Crippen LogP contribution is -2.49. The molecule has 0 spiro atoms. The maximum Gasteiger partial charge on any atom is 0.264 e. The van der Waals surface area contributed by atoms with Gasteiger partial charge in [-0.2, -0.15) is 16.6 Å². The van der Waals surface area contributed by atoms with Crippen molar-refractivity contribution in [2.75, 3.05) is 38.2 Å². The van der Waals surface area contributed by atoms with Crippen molar-refractivity contribution in [2.45, 2.75) is 0 Å². The number of methoxy groups -OCH3 is 1. The minimum absolute atomic E-state index is 0.191. The Hall–Kier alpha value is -2.78. The summed E-state index contributed by atoms with van der Waals surface area (Å²) < 4.78 is 5.18. The van der Waals surface area contributed by atoms with Crippen LogP contribution in [0.2, 0.25) is 0 Å². The van der Waals surface area contributed by atoms with Gasteiger partial charge in [-0.1, -0.05) is 0 Å². The molecule has 0 aliphatic carbocycles. The predicted molar refractivity (Wildman–Crippen MR) is 99.7 cm³/mol. The summed E-state index contributed by atoms with van der Waals surface area (Å²) in [5.41, 5.74) is 2.20. The van der Waals surface area contributed by atoms with Crippen molar-refractivity contribution in [3.05, 3.63) is 52.2 Å². The minimum atomic E-state index is -0.192. The van der Waals surface area contributed by atoms with E-state index in [9.17, 15) is 10.1 Å². The normalized spacial score (nSPS) is 15.0. The Morgan fingerprint density at radius 1 is 1.20 bits per heavy atom. The maximum atomic E-state index is 12.6. The number of anilines is 1. The number of ether oxygens (including phenoxy) is 1. The number of hydrogen-bond donors (Lipinski definition) is 0. The fraction of sp³-hybridized carbons (Fsp3) is 0.263. The minimum Gasteiger partial charge on any atom is -0.497 e. The number of rotatable bonds is 4. The molecule has 25 heavy (non-hydrogen) atoms. The summed E-state index contributed by atoms with van der Waals surface area (Å²) in [5, 5.41) is 13.2. The van der Waals surface area contributed by atoms with E-state index in [1.165, 1.54) is 0 Å². The quantitative estimate of drug-likeness (QED) is 0.626. The van der Waals surface area contributed by atoms with Crippen LogP contribution in [0.15, 0.2) is 46.7 Å². The highest BCUT2D eigenvalue weighted by Gasteiger charge is 2.23. The molecule has 1 aliphatic rings. The fourth-order valence-corrected chi connectivity index (χ4v) is 3.41. The summed E-state index contributed by atoms with van der Waals surface area (Å²) in [6.07, 6.45) is 1.66. The number of nitriles is 1. The number of nitrogens with zero attached hydrogens (tertiary/aromatic N) is 3. The third-order valence-electron chi connectivity index (χ3n) is 4.21. The highest BCUT2D eigenvalue weighted by atomic mass is 32.1. The Morgan fingerprint density at radius 2 is 1.92 bits per heavy atom. The summed E-state index contributed by atoms with van der Waals surface area (Å²) in [6, 6.07) is 11.9. The Morgan fingerprint density at radius 3 is 2.48 bits per heavy atom. The molecule has 2 heterocycles. The van der Waals surface area contributed by atoms with Gasteiger partial charge in [0.2, 0.25) is 0 Å². The molecule has 1 aromatic carbocycles. The van der Waals surface area contributed by atoms with Crippen LogP contribution in [-0.4, -0.2) is 44.1 Å². The summed E-state index contributed by atoms with van der Waals surface area (Å²) in [6.45, 7) is 2.70. The number of hydrogen-bond acceptors (Lipinski definition) is 5. The van der Waals surface area contributed by atoms with Crippen LogP contribution < -0.4 is 9.64 Å². The fourth-order valence-electron chi connectivity index (χ4n) is 2.80. The highest BCUT2D eigenvalue weighted by molar-refractivity contribution is 7.08. The molecule has 128 valence electrons.